The van der Waals surface area contributed by atoms with Crippen molar-refractivity contribution in [1.29, 1.82) is 0 Å². The molecule has 0 saturated heterocycles. The number of benzene rings is 1. The zero-order valence-corrected chi connectivity index (χ0v) is 16.6. The van der Waals surface area contributed by atoms with Crippen LogP contribution in [0.5, 0.6) is 0 Å². The Bertz CT molecular complexity index is 1110. The number of pyridine rings is 1. The van der Waals surface area contributed by atoms with E-state index in [1.807, 2.05) is 42.7 Å². The molecule has 3 heterocycles. The Labute approximate surface area is 169 Å². The highest BCUT2D eigenvalue weighted by atomic mass is 16.1. The lowest BCUT2D eigenvalue weighted by Crippen LogP contribution is -2.26. The molecule has 0 unspecified atom stereocenters. The van der Waals surface area contributed by atoms with Crippen LogP contribution in [0.3, 0.4) is 0 Å². The number of fused-ring (bicyclic) bond motifs is 1. The van der Waals surface area contributed by atoms with Gasteiger partial charge >= 0.3 is 0 Å². The summed E-state index contributed by atoms with van der Waals surface area (Å²) in [5.74, 6) is 0.742. The molecule has 7 nitrogen and oxygen atoms in total. The number of aryl methyl sites for hydroxylation is 1. The Morgan fingerprint density at radius 2 is 1.93 bits per heavy atom. The van der Waals surface area contributed by atoms with Gasteiger partial charge in [-0.05, 0) is 36.6 Å². The van der Waals surface area contributed by atoms with Crippen LogP contribution in [0, 0.1) is 0 Å². The molecule has 4 aromatic rings. The lowest BCUT2D eigenvalue weighted by atomic mass is 10.1. The van der Waals surface area contributed by atoms with Gasteiger partial charge in [0.25, 0.3) is 5.91 Å². The van der Waals surface area contributed by atoms with Crippen molar-refractivity contribution < 1.29 is 4.79 Å². The molecule has 1 amide bonds. The number of carbonyl (C=O) groups is 1. The number of amides is 1. The van der Waals surface area contributed by atoms with Gasteiger partial charge in [0.15, 0.2) is 5.82 Å². The molecule has 4 rings (SSSR count). The smallest absolute Gasteiger partial charge is 0.254 e. The summed E-state index contributed by atoms with van der Waals surface area (Å²) in [4.78, 5) is 21.5. The number of hydrogen-bond donors (Lipinski definition) is 1. The predicted molar refractivity (Wildman–Crippen MR) is 112 cm³/mol. The molecule has 148 valence electrons. The topological polar surface area (TPSA) is 77.6 Å². The standard InChI is InChI=1S/C22H24N6O/c1-16(2)21-17(14-26-28(21)20-10-5-6-11-23-20)22(29)24-12-7-13-27-15-25-18-8-3-4-9-19(18)27/h3-6,8-11,14-16H,7,12-13H2,1-2H3,(H,24,29). The lowest BCUT2D eigenvalue weighted by Gasteiger charge is -2.12. The average molecular weight is 388 g/mol. The molecule has 3 aromatic heterocycles. The molecular formula is C22H24N6O. The van der Waals surface area contributed by atoms with Crippen LogP contribution in [0.2, 0.25) is 0 Å². The number of nitrogens with one attached hydrogen (secondary N) is 1. The predicted octanol–water partition coefficient (Wildman–Crippen LogP) is 3.56. The molecule has 0 atom stereocenters. The molecular weight excluding hydrogens is 364 g/mol. The first kappa shape index (κ1) is 18.9. The van der Waals surface area contributed by atoms with E-state index in [1.165, 1.54) is 0 Å². The number of aromatic nitrogens is 5. The molecule has 29 heavy (non-hydrogen) atoms. The average Bonchev–Trinajstić information content (AvgIpc) is 3.36. The summed E-state index contributed by atoms with van der Waals surface area (Å²) in [5, 5.41) is 7.44. The van der Waals surface area contributed by atoms with Crippen molar-refractivity contribution in [3.63, 3.8) is 0 Å². The highest BCUT2D eigenvalue weighted by molar-refractivity contribution is 5.95. The molecule has 0 aliphatic carbocycles. The van der Waals surface area contributed by atoms with Crippen molar-refractivity contribution in [3.8, 4) is 5.82 Å². The zero-order valence-electron chi connectivity index (χ0n) is 16.6. The molecule has 1 aromatic carbocycles. The van der Waals surface area contributed by atoms with Crippen LogP contribution >= 0.6 is 0 Å². The summed E-state index contributed by atoms with van der Waals surface area (Å²) < 4.78 is 3.86. The van der Waals surface area contributed by atoms with E-state index in [1.54, 1.807) is 17.1 Å². The maximum atomic E-state index is 12.8. The van der Waals surface area contributed by atoms with Crippen molar-refractivity contribution in [2.24, 2.45) is 0 Å². The van der Waals surface area contributed by atoms with Crippen molar-refractivity contribution in [2.75, 3.05) is 6.54 Å². The number of imidazole rings is 1. The minimum absolute atomic E-state index is 0.105. The third kappa shape index (κ3) is 3.89. The molecule has 0 radical (unpaired) electrons. The SMILES string of the molecule is CC(C)c1c(C(=O)NCCCn2cnc3ccccc32)cnn1-c1ccccn1. The molecule has 0 saturated carbocycles. The monoisotopic (exact) mass is 388 g/mol. The van der Waals surface area contributed by atoms with E-state index in [4.69, 9.17) is 0 Å². The molecule has 0 fully saturated rings. The summed E-state index contributed by atoms with van der Waals surface area (Å²) in [5.41, 5.74) is 3.55. The van der Waals surface area contributed by atoms with E-state index in [0.717, 1.165) is 29.7 Å². The van der Waals surface area contributed by atoms with Gasteiger partial charge in [0.1, 0.15) is 0 Å². The highest BCUT2D eigenvalue weighted by Crippen LogP contribution is 2.22. The molecule has 0 aliphatic heterocycles. The van der Waals surface area contributed by atoms with Gasteiger partial charge in [0.05, 0.1) is 34.8 Å². The fourth-order valence-corrected chi connectivity index (χ4v) is 3.49. The normalized spacial score (nSPS) is 11.3. The number of hydrogen-bond acceptors (Lipinski definition) is 4. The fourth-order valence-electron chi connectivity index (χ4n) is 3.49. The van der Waals surface area contributed by atoms with Crippen molar-refractivity contribution >= 4 is 16.9 Å². The van der Waals surface area contributed by atoms with Crippen LogP contribution in [0.4, 0.5) is 0 Å². The largest absolute Gasteiger partial charge is 0.352 e. The van der Waals surface area contributed by atoms with Crippen molar-refractivity contribution in [2.45, 2.75) is 32.7 Å². The van der Waals surface area contributed by atoms with E-state index in [0.29, 0.717) is 17.9 Å². The number of nitrogens with zero attached hydrogens (tertiary/aromatic N) is 5. The van der Waals surface area contributed by atoms with Crippen molar-refractivity contribution in [1.82, 2.24) is 29.6 Å². The molecule has 7 heteroatoms. The van der Waals surface area contributed by atoms with Gasteiger partial charge in [-0.25, -0.2) is 14.6 Å². The van der Waals surface area contributed by atoms with Gasteiger partial charge in [-0.15, -0.1) is 0 Å². The number of carbonyl (C=O) groups excluding carboxylic acids is 1. The third-order valence-electron chi connectivity index (χ3n) is 4.85. The van der Waals surface area contributed by atoms with Gasteiger partial charge in [0, 0.05) is 19.3 Å². The van der Waals surface area contributed by atoms with Gasteiger partial charge in [0.2, 0.25) is 0 Å². The minimum Gasteiger partial charge on any atom is -0.352 e. The van der Waals surface area contributed by atoms with Crippen LogP contribution in [-0.4, -0.2) is 36.8 Å². The van der Waals surface area contributed by atoms with Crippen LogP contribution in [0.1, 0.15) is 42.2 Å². The van der Waals surface area contributed by atoms with Crippen LogP contribution in [0.15, 0.2) is 61.2 Å². The summed E-state index contributed by atoms with van der Waals surface area (Å²) in [7, 11) is 0. The Balaban J connectivity index is 1.41. The van der Waals surface area contributed by atoms with E-state index >= 15 is 0 Å². The Morgan fingerprint density at radius 1 is 1.10 bits per heavy atom. The van der Waals surface area contributed by atoms with Gasteiger partial charge in [-0.1, -0.05) is 32.0 Å². The first-order chi connectivity index (χ1) is 14.1. The summed E-state index contributed by atoms with van der Waals surface area (Å²) in [6.07, 6.45) is 6.02. The fraction of sp³-hybridized carbons (Fsp3) is 0.273. The second kappa shape index (κ2) is 8.26. The second-order valence-corrected chi connectivity index (χ2v) is 7.23. The molecule has 0 spiro atoms. The molecule has 0 bridgehead atoms. The second-order valence-electron chi connectivity index (χ2n) is 7.23. The first-order valence-corrected chi connectivity index (χ1v) is 9.82. The summed E-state index contributed by atoms with van der Waals surface area (Å²) >= 11 is 0. The lowest BCUT2D eigenvalue weighted by molar-refractivity contribution is 0.0951. The van der Waals surface area contributed by atoms with E-state index < -0.39 is 0 Å². The number of para-hydroxylation sites is 2. The maximum Gasteiger partial charge on any atom is 0.254 e. The quantitative estimate of drug-likeness (QED) is 0.491. The Hall–Kier alpha value is -3.48. The summed E-state index contributed by atoms with van der Waals surface area (Å²) in [6.45, 7) is 5.48. The first-order valence-electron chi connectivity index (χ1n) is 9.82. The van der Waals surface area contributed by atoms with E-state index in [2.05, 4.69) is 44.9 Å². The zero-order chi connectivity index (χ0) is 20.2. The third-order valence-corrected chi connectivity index (χ3v) is 4.85. The van der Waals surface area contributed by atoms with Gasteiger partial charge in [-0.3, -0.25) is 4.79 Å². The van der Waals surface area contributed by atoms with E-state index in [-0.39, 0.29) is 11.8 Å². The molecule has 1 N–H and O–H groups in total. The van der Waals surface area contributed by atoms with Crippen LogP contribution in [-0.2, 0) is 6.54 Å². The van der Waals surface area contributed by atoms with Gasteiger partial charge in [-0.2, -0.15) is 5.10 Å². The number of rotatable bonds is 7. The Kier molecular flexibility index (Phi) is 5.37. The van der Waals surface area contributed by atoms with Crippen LogP contribution in [0.25, 0.3) is 16.9 Å². The van der Waals surface area contributed by atoms with Gasteiger partial charge < -0.3 is 9.88 Å². The molecule has 0 aliphatic rings. The highest BCUT2D eigenvalue weighted by Gasteiger charge is 2.21. The van der Waals surface area contributed by atoms with Crippen molar-refractivity contribution in [3.05, 3.63) is 72.4 Å². The summed E-state index contributed by atoms with van der Waals surface area (Å²) in [6, 6.07) is 13.7. The minimum atomic E-state index is -0.105. The van der Waals surface area contributed by atoms with Crippen LogP contribution < -0.4 is 5.32 Å². The Morgan fingerprint density at radius 3 is 2.72 bits per heavy atom. The van der Waals surface area contributed by atoms with E-state index in [9.17, 15) is 4.79 Å². The maximum absolute atomic E-state index is 12.8.